The van der Waals surface area contributed by atoms with Crippen molar-refractivity contribution in [1.82, 2.24) is 10.4 Å². The molecule has 2 rings (SSSR count). The third kappa shape index (κ3) is 4.06. The molecule has 3 heteroatoms. The summed E-state index contributed by atoms with van der Waals surface area (Å²) in [5.41, 5.74) is 4.75. The van der Waals surface area contributed by atoms with E-state index in [0.717, 1.165) is 12.8 Å². The number of piperidine rings is 1. The van der Waals surface area contributed by atoms with Crippen molar-refractivity contribution in [2.75, 3.05) is 0 Å². The lowest BCUT2D eigenvalue weighted by Crippen LogP contribution is -2.55. The Kier molecular flexibility index (Phi) is 5.58. The van der Waals surface area contributed by atoms with Crippen molar-refractivity contribution in [3.05, 3.63) is 35.9 Å². The lowest BCUT2D eigenvalue weighted by molar-refractivity contribution is 0.0365. The molecule has 0 spiro atoms. The van der Waals surface area contributed by atoms with Crippen molar-refractivity contribution in [3.63, 3.8) is 0 Å². The van der Waals surface area contributed by atoms with Crippen LogP contribution in [0, 0.1) is 11.3 Å². The molecule has 1 fully saturated rings. The highest BCUT2D eigenvalue weighted by Crippen LogP contribution is 2.21. The van der Waals surface area contributed by atoms with E-state index in [1.54, 1.807) is 0 Å². The van der Waals surface area contributed by atoms with E-state index in [4.69, 9.17) is 0 Å². The number of hydrogen-bond donors (Lipinski definition) is 1. The van der Waals surface area contributed by atoms with Crippen molar-refractivity contribution in [1.29, 1.82) is 5.26 Å². The molecule has 1 aliphatic heterocycles. The molecule has 1 N–H and O–H groups in total. The smallest absolute Gasteiger partial charge is 0.108 e. The van der Waals surface area contributed by atoms with Crippen molar-refractivity contribution in [3.8, 4) is 6.07 Å². The van der Waals surface area contributed by atoms with E-state index in [2.05, 4.69) is 54.6 Å². The predicted octanol–water partition coefficient (Wildman–Crippen LogP) is 3.28. The first kappa shape index (κ1) is 15.0. The van der Waals surface area contributed by atoms with Crippen LogP contribution < -0.4 is 5.43 Å². The summed E-state index contributed by atoms with van der Waals surface area (Å²) in [5, 5.41) is 11.7. The molecule has 1 aliphatic rings. The zero-order chi connectivity index (χ0) is 14.4. The van der Waals surface area contributed by atoms with Crippen LogP contribution in [0.1, 0.15) is 45.1 Å². The number of hydrogen-bond acceptors (Lipinski definition) is 3. The minimum atomic E-state index is -0.0989. The fraction of sp³-hybridized carbons (Fsp3) is 0.588. The van der Waals surface area contributed by atoms with Gasteiger partial charge in [-0.3, -0.25) is 0 Å². The second-order valence-electron chi connectivity index (χ2n) is 5.87. The number of hydrazine groups is 1. The number of rotatable bonds is 5. The first-order valence-corrected chi connectivity index (χ1v) is 7.68. The number of nitrogens with zero attached hydrogens (tertiary/aromatic N) is 2. The van der Waals surface area contributed by atoms with E-state index in [1.165, 1.54) is 24.8 Å². The van der Waals surface area contributed by atoms with Gasteiger partial charge in [-0.1, -0.05) is 36.8 Å². The molecule has 1 saturated heterocycles. The molecule has 0 bridgehead atoms. The number of benzene rings is 1. The van der Waals surface area contributed by atoms with Crippen LogP contribution in [0.5, 0.6) is 0 Å². The van der Waals surface area contributed by atoms with Crippen molar-refractivity contribution in [2.24, 2.45) is 0 Å². The van der Waals surface area contributed by atoms with Gasteiger partial charge >= 0.3 is 0 Å². The number of aryl methyl sites for hydroxylation is 1. The van der Waals surface area contributed by atoms with Crippen LogP contribution in [0.25, 0.3) is 0 Å². The Bertz CT molecular complexity index is 427. The molecule has 1 aromatic rings. The first-order valence-electron chi connectivity index (χ1n) is 7.68. The van der Waals surface area contributed by atoms with E-state index < -0.39 is 0 Å². The Morgan fingerprint density at radius 3 is 2.50 bits per heavy atom. The molecule has 0 radical (unpaired) electrons. The normalized spacial score (nSPS) is 25.1. The molecule has 0 saturated carbocycles. The summed E-state index contributed by atoms with van der Waals surface area (Å²) in [6.07, 6.45) is 5.53. The summed E-state index contributed by atoms with van der Waals surface area (Å²) >= 11 is 0. The molecule has 1 heterocycles. The third-order valence-electron chi connectivity index (χ3n) is 4.22. The van der Waals surface area contributed by atoms with E-state index >= 15 is 0 Å². The Balaban J connectivity index is 1.87. The minimum Gasteiger partial charge on any atom is -0.238 e. The van der Waals surface area contributed by atoms with Crippen LogP contribution in [-0.2, 0) is 6.42 Å². The van der Waals surface area contributed by atoms with E-state index in [0.29, 0.717) is 12.1 Å². The number of nitrogens with one attached hydrogen (secondary N) is 1. The maximum atomic E-state index is 9.37. The van der Waals surface area contributed by atoms with Gasteiger partial charge in [0.05, 0.1) is 6.07 Å². The highest BCUT2D eigenvalue weighted by atomic mass is 15.5. The summed E-state index contributed by atoms with van der Waals surface area (Å²) in [4.78, 5) is 0. The van der Waals surface area contributed by atoms with Gasteiger partial charge in [0.1, 0.15) is 6.04 Å². The maximum absolute atomic E-state index is 9.37. The van der Waals surface area contributed by atoms with Crippen LogP contribution in [0.15, 0.2) is 30.3 Å². The van der Waals surface area contributed by atoms with Crippen LogP contribution >= 0.6 is 0 Å². The van der Waals surface area contributed by atoms with Gasteiger partial charge in [-0.2, -0.15) is 5.26 Å². The fourth-order valence-corrected chi connectivity index (χ4v) is 2.97. The summed E-state index contributed by atoms with van der Waals surface area (Å²) < 4.78 is 0. The highest BCUT2D eigenvalue weighted by molar-refractivity contribution is 5.15. The molecule has 1 aromatic carbocycles. The number of nitriles is 1. The monoisotopic (exact) mass is 271 g/mol. The van der Waals surface area contributed by atoms with Crippen molar-refractivity contribution >= 4 is 0 Å². The van der Waals surface area contributed by atoms with Gasteiger partial charge in [0, 0.05) is 12.1 Å². The van der Waals surface area contributed by atoms with E-state index in [9.17, 15) is 5.26 Å². The van der Waals surface area contributed by atoms with Crippen LogP contribution in [0.4, 0.5) is 0 Å². The van der Waals surface area contributed by atoms with E-state index in [-0.39, 0.29) is 6.04 Å². The standard InChI is InChI=1S/C17H25N3/c1-14-7-6-8-15(2)20(14)19-17(13-18)12-11-16-9-4-3-5-10-16/h3-5,9-10,14-15,17,19H,6-8,11-12H2,1-2H3. The lowest BCUT2D eigenvalue weighted by atomic mass is 9.99. The lowest BCUT2D eigenvalue weighted by Gasteiger charge is -2.40. The van der Waals surface area contributed by atoms with Crippen LogP contribution in [0.3, 0.4) is 0 Å². The molecule has 0 aromatic heterocycles. The molecule has 3 atom stereocenters. The van der Waals surface area contributed by atoms with Gasteiger partial charge in [0.15, 0.2) is 0 Å². The highest BCUT2D eigenvalue weighted by Gasteiger charge is 2.26. The topological polar surface area (TPSA) is 39.1 Å². The molecular weight excluding hydrogens is 246 g/mol. The Hall–Kier alpha value is -1.37. The summed E-state index contributed by atoms with van der Waals surface area (Å²) in [5.74, 6) is 0. The third-order valence-corrected chi connectivity index (χ3v) is 4.22. The average molecular weight is 271 g/mol. The molecular formula is C17H25N3. The van der Waals surface area contributed by atoms with Crippen molar-refractivity contribution in [2.45, 2.75) is 64.1 Å². The molecule has 108 valence electrons. The maximum Gasteiger partial charge on any atom is 0.108 e. The van der Waals surface area contributed by atoms with Gasteiger partial charge in [-0.15, -0.1) is 0 Å². The molecule has 0 amide bonds. The largest absolute Gasteiger partial charge is 0.238 e. The zero-order valence-corrected chi connectivity index (χ0v) is 12.5. The van der Waals surface area contributed by atoms with Gasteiger partial charge in [-0.25, -0.2) is 10.4 Å². The second-order valence-corrected chi connectivity index (χ2v) is 5.87. The van der Waals surface area contributed by atoms with Crippen LogP contribution in [0.2, 0.25) is 0 Å². The first-order chi connectivity index (χ1) is 9.70. The average Bonchev–Trinajstić information content (AvgIpc) is 2.47. The van der Waals surface area contributed by atoms with Gasteiger partial charge in [0.25, 0.3) is 0 Å². The van der Waals surface area contributed by atoms with Crippen LogP contribution in [-0.4, -0.2) is 23.1 Å². The summed E-state index contributed by atoms with van der Waals surface area (Å²) in [6, 6.07) is 13.7. The summed E-state index contributed by atoms with van der Waals surface area (Å²) in [7, 11) is 0. The second kappa shape index (κ2) is 7.42. The Morgan fingerprint density at radius 1 is 1.25 bits per heavy atom. The molecule has 20 heavy (non-hydrogen) atoms. The van der Waals surface area contributed by atoms with Gasteiger partial charge in [0.2, 0.25) is 0 Å². The predicted molar refractivity (Wildman–Crippen MR) is 81.9 cm³/mol. The SMILES string of the molecule is CC1CCCC(C)N1NC(C#N)CCc1ccccc1. The zero-order valence-electron chi connectivity index (χ0n) is 12.5. The summed E-state index contributed by atoms with van der Waals surface area (Å²) in [6.45, 7) is 4.49. The minimum absolute atomic E-state index is 0.0989. The van der Waals surface area contributed by atoms with Gasteiger partial charge in [-0.05, 0) is 45.1 Å². The van der Waals surface area contributed by atoms with E-state index in [1.807, 2.05) is 6.07 Å². The van der Waals surface area contributed by atoms with Gasteiger partial charge < -0.3 is 0 Å². The fourth-order valence-electron chi connectivity index (χ4n) is 2.97. The Labute approximate surface area is 122 Å². The van der Waals surface area contributed by atoms with Crippen molar-refractivity contribution < 1.29 is 0 Å². The quantitative estimate of drug-likeness (QED) is 0.893. The molecule has 3 nitrogen and oxygen atoms in total. The molecule has 0 aliphatic carbocycles. The Morgan fingerprint density at radius 2 is 1.90 bits per heavy atom. The molecule has 3 unspecified atom stereocenters.